The number of pyridine rings is 1. The zero-order valence-corrected chi connectivity index (χ0v) is 27.5. The molecule has 0 amide bonds. The highest BCUT2D eigenvalue weighted by Gasteiger charge is 2.24. The van der Waals surface area contributed by atoms with Crippen LogP contribution in [0.2, 0.25) is 0 Å². The number of benzene rings is 9. The van der Waals surface area contributed by atoms with E-state index in [1.807, 2.05) is 53.6 Å². The summed E-state index contributed by atoms with van der Waals surface area (Å²) in [6, 6.07) is 60.2. The maximum Gasteiger partial charge on any atom is 0.147 e. The quantitative estimate of drug-likeness (QED) is 0.166. The second kappa shape index (κ2) is 11.7. The van der Waals surface area contributed by atoms with Gasteiger partial charge in [0.15, 0.2) is 0 Å². The Bertz CT molecular complexity index is 2900. The topological polar surface area (TPSA) is 19.4 Å². The Kier molecular flexibility index (Phi) is 6.68. The average molecular weight is 656 g/mol. The summed E-state index contributed by atoms with van der Waals surface area (Å²) in [6.45, 7) is 0. The van der Waals surface area contributed by atoms with Gasteiger partial charge in [-0.15, -0.1) is 0 Å². The van der Waals surface area contributed by atoms with Crippen LogP contribution < -0.4 is 9.80 Å². The van der Waals surface area contributed by atoms with E-state index >= 15 is 4.39 Å². The molecule has 10 aromatic rings. The number of hydrogen-bond acceptors (Lipinski definition) is 3. The Morgan fingerprint density at radius 3 is 1.71 bits per heavy atom. The molecular weight excluding hydrogens is 626 g/mol. The highest BCUT2D eigenvalue weighted by molar-refractivity contribution is 6.28. The fourth-order valence-corrected chi connectivity index (χ4v) is 7.75. The molecule has 0 aliphatic heterocycles. The van der Waals surface area contributed by atoms with Crippen molar-refractivity contribution in [2.24, 2.45) is 0 Å². The second-order valence-electron chi connectivity index (χ2n) is 12.9. The Morgan fingerprint density at radius 1 is 0.373 bits per heavy atom. The number of anilines is 6. The zero-order valence-electron chi connectivity index (χ0n) is 27.5. The minimum atomic E-state index is -0.275. The molecule has 0 aliphatic rings. The minimum absolute atomic E-state index is 0.275. The molecule has 1 aromatic heterocycles. The van der Waals surface area contributed by atoms with Gasteiger partial charge >= 0.3 is 0 Å². The van der Waals surface area contributed by atoms with Crippen molar-refractivity contribution in [2.75, 3.05) is 9.80 Å². The second-order valence-corrected chi connectivity index (χ2v) is 12.9. The van der Waals surface area contributed by atoms with E-state index in [2.05, 4.69) is 126 Å². The molecule has 0 saturated carbocycles. The molecule has 10 rings (SSSR count). The van der Waals surface area contributed by atoms with Gasteiger partial charge in [-0.2, -0.15) is 0 Å². The molecule has 0 saturated heterocycles. The lowest BCUT2D eigenvalue weighted by Gasteiger charge is -2.29. The number of aromatic nitrogens is 1. The van der Waals surface area contributed by atoms with Crippen molar-refractivity contribution in [3.63, 3.8) is 0 Å². The lowest BCUT2D eigenvalue weighted by Crippen LogP contribution is -2.13. The van der Waals surface area contributed by atoms with Gasteiger partial charge in [-0.05, 0) is 92.3 Å². The van der Waals surface area contributed by atoms with E-state index in [-0.39, 0.29) is 5.82 Å². The maximum atomic E-state index is 15.6. The normalized spacial score (nSPS) is 11.6. The number of rotatable bonds is 6. The summed E-state index contributed by atoms with van der Waals surface area (Å²) in [5.41, 5.74) is 4.38. The third kappa shape index (κ3) is 4.68. The average Bonchev–Trinajstić information content (AvgIpc) is 3.19. The molecule has 240 valence electrons. The molecular formula is C47H30FN3. The van der Waals surface area contributed by atoms with E-state index < -0.39 is 0 Å². The first-order valence-corrected chi connectivity index (χ1v) is 17.2. The fraction of sp³-hybridized carbons (Fsp3) is 0. The van der Waals surface area contributed by atoms with Gasteiger partial charge in [-0.1, -0.05) is 121 Å². The van der Waals surface area contributed by atoms with Gasteiger partial charge in [0.05, 0.1) is 17.1 Å². The van der Waals surface area contributed by atoms with Gasteiger partial charge in [0.25, 0.3) is 0 Å². The van der Waals surface area contributed by atoms with Crippen LogP contribution in [-0.4, -0.2) is 4.98 Å². The van der Waals surface area contributed by atoms with E-state index in [1.165, 1.54) is 11.5 Å². The van der Waals surface area contributed by atoms with Crippen molar-refractivity contribution in [3.05, 3.63) is 188 Å². The molecule has 0 fully saturated rings. The Labute approximate surface area is 294 Å². The smallest absolute Gasteiger partial charge is 0.147 e. The van der Waals surface area contributed by atoms with Gasteiger partial charge in [0.2, 0.25) is 0 Å². The first kappa shape index (κ1) is 29.2. The standard InChI is InChI=1S/C47H30FN3/c48-41-16-8-9-17-44(41)50(36-13-2-1-3-14-36)42-26-21-33-20-25-40-43(27-22-34-19-24-39(42)45(33)46(34)40)51(37-23-18-31-10-4-5-12-35(31)30-37)47-38-15-7-6-11-32(38)28-29-49-47/h1-30H. The predicted octanol–water partition coefficient (Wildman–Crippen LogP) is 13.4. The number of fused-ring (bicyclic) bond motifs is 2. The summed E-state index contributed by atoms with van der Waals surface area (Å²) in [5.74, 6) is 0.594. The third-order valence-corrected chi connectivity index (χ3v) is 10.1. The van der Waals surface area contributed by atoms with Crippen LogP contribution in [-0.2, 0) is 0 Å². The molecule has 3 nitrogen and oxygen atoms in total. The van der Waals surface area contributed by atoms with E-state index in [1.54, 1.807) is 6.07 Å². The van der Waals surface area contributed by atoms with E-state index in [0.29, 0.717) is 5.69 Å². The molecule has 0 aliphatic carbocycles. The van der Waals surface area contributed by atoms with Crippen LogP contribution in [0.1, 0.15) is 0 Å². The lowest BCUT2D eigenvalue weighted by atomic mass is 9.91. The van der Waals surface area contributed by atoms with E-state index in [0.717, 1.165) is 77.0 Å². The summed E-state index contributed by atoms with van der Waals surface area (Å²) >= 11 is 0. The van der Waals surface area contributed by atoms with Crippen molar-refractivity contribution in [3.8, 4) is 0 Å². The van der Waals surface area contributed by atoms with Gasteiger partial charge in [0, 0.05) is 33.7 Å². The minimum Gasteiger partial charge on any atom is -0.307 e. The van der Waals surface area contributed by atoms with Gasteiger partial charge < -0.3 is 4.90 Å². The molecule has 0 radical (unpaired) electrons. The largest absolute Gasteiger partial charge is 0.307 e. The van der Waals surface area contributed by atoms with Crippen LogP contribution in [0.4, 0.5) is 38.6 Å². The van der Waals surface area contributed by atoms with Gasteiger partial charge in [-0.3, -0.25) is 4.90 Å². The molecule has 1 heterocycles. The molecule has 0 unspecified atom stereocenters. The Morgan fingerprint density at radius 2 is 0.961 bits per heavy atom. The monoisotopic (exact) mass is 655 g/mol. The highest BCUT2D eigenvalue weighted by atomic mass is 19.1. The number of hydrogen-bond donors (Lipinski definition) is 0. The molecule has 51 heavy (non-hydrogen) atoms. The maximum absolute atomic E-state index is 15.6. The number of nitrogens with zero attached hydrogens (tertiary/aromatic N) is 3. The van der Waals surface area contributed by atoms with E-state index in [4.69, 9.17) is 4.98 Å². The summed E-state index contributed by atoms with van der Waals surface area (Å²) in [5, 5.41) is 11.3. The fourth-order valence-electron chi connectivity index (χ4n) is 7.75. The molecule has 0 atom stereocenters. The van der Waals surface area contributed by atoms with Crippen LogP contribution >= 0.6 is 0 Å². The zero-order chi connectivity index (χ0) is 33.9. The first-order valence-electron chi connectivity index (χ1n) is 17.2. The van der Waals surface area contributed by atoms with Crippen LogP contribution in [0.15, 0.2) is 182 Å². The summed E-state index contributed by atoms with van der Waals surface area (Å²) < 4.78 is 15.6. The summed E-state index contributed by atoms with van der Waals surface area (Å²) in [4.78, 5) is 9.38. The van der Waals surface area contributed by atoms with Crippen LogP contribution in [0, 0.1) is 5.82 Å². The SMILES string of the molecule is Fc1ccccc1N(c1ccccc1)c1ccc2ccc3c(N(c4ccc5ccccc5c4)c4nccc5ccccc45)ccc4ccc1c2c43. The predicted molar refractivity (Wildman–Crippen MR) is 212 cm³/mol. The van der Waals surface area contributed by atoms with E-state index in [9.17, 15) is 0 Å². The van der Waals surface area contributed by atoms with Crippen molar-refractivity contribution >= 4 is 88.1 Å². The molecule has 9 aromatic carbocycles. The molecule has 4 heteroatoms. The van der Waals surface area contributed by atoms with Crippen molar-refractivity contribution < 1.29 is 4.39 Å². The number of para-hydroxylation sites is 2. The first-order chi connectivity index (χ1) is 25.2. The Balaban J connectivity index is 1.27. The lowest BCUT2D eigenvalue weighted by molar-refractivity contribution is 0.629. The van der Waals surface area contributed by atoms with Crippen molar-refractivity contribution in [1.82, 2.24) is 4.98 Å². The molecule has 0 N–H and O–H groups in total. The van der Waals surface area contributed by atoms with Crippen molar-refractivity contribution in [2.45, 2.75) is 0 Å². The van der Waals surface area contributed by atoms with Crippen LogP contribution in [0.5, 0.6) is 0 Å². The van der Waals surface area contributed by atoms with Crippen molar-refractivity contribution in [1.29, 1.82) is 0 Å². The summed E-state index contributed by atoms with van der Waals surface area (Å²) in [7, 11) is 0. The number of halogens is 1. The van der Waals surface area contributed by atoms with Crippen LogP contribution in [0.3, 0.4) is 0 Å². The molecule has 0 bridgehead atoms. The third-order valence-electron chi connectivity index (χ3n) is 10.1. The molecule has 0 spiro atoms. The van der Waals surface area contributed by atoms with Gasteiger partial charge in [0.1, 0.15) is 11.6 Å². The Hall–Kier alpha value is -6.78. The van der Waals surface area contributed by atoms with Crippen LogP contribution in [0.25, 0.3) is 53.9 Å². The van der Waals surface area contributed by atoms with Gasteiger partial charge in [-0.25, -0.2) is 9.37 Å². The summed E-state index contributed by atoms with van der Waals surface area (Å²) in [6.07, 6.45) is 1.90. The highest BCUT2D eigenvalue weighted by Crippen LogP contribution is 2.48.